The van der Waals surface area contributed by atoms with Gasteiger partial charge in [-0.2, -0.15) is 0 Å². The molecule has 0 bridgehead atoms. The quantitative estimate of drug-likeness (QED) is 0.760. The zero-order chi connectivity index (χ0) is 18.4. The van der Waals surface area contributed by atoms with Gasteiger partial charge in [-0.25, -0.2) is 8.42 Å². The fourth-order valence-electron chi connectivity index (χ4n) is 3.82. The van der Waals surface area contributed by atoms with Gasteiger partial charge < -0.3 is 9.47 Å². The van der Waals surface area contributed by atoms with E-state index in [4.69, 9.17) is 0 Å². The molecule has 25 heavy (non-hydrogen) atoms. The predicted octanol–water partition coefficient (Wildman–Crippen LogP) is 0.325. The Morgan fingerprint density at radius 3 is 2.52 bits per heavy atom. The number of fused-ring (bicyclic) bond motifs is 1. The molecular weight excluding hydrogens is 342 g/mol. The summed E-state index contributed by atoms with van der Waals surface area (Å²) in [5.41, 5.74) is 0. The SMILES string of the molecule is CC(C)C(=O)N1CCN(Cc2nncn2C(C)C)[C@H]2CS(=O)(=O)C[C@H]21. The van der Waals surface area contributed by atoms with Crippen LogP contribution in [0.1, 0.15) is 39.6 Å². The molecule has 0 spiro atoms. The molecule has 1 aromatic heterocycles. The largest absolute Gasteiger partial charge is 0.336 e. The van der Waals surface area contributed by atoms with Crippen LogP contribution in [0.5, 0.6) is 0 Å². The lowest BCUT2D eigenvalue weighted by Gasteiger charge is -2.44. The minimum Gasteiger partial charge on any atom is -0.336 e. The second-order valence-corrected chi connectivity index (χ2v) is 9.77. The molecule has 140 valence electrons. The van der Waals surface area contributed by atoms with Gasteiger partial charge in [0, 0.05) is 31.1 Å². The van der Waals surface area contributed by atoms with Gasteiger partial charge in [-0.15, -0.1) is 10.2 Å². The zero-order valence-electron chi connectivity index (χ0n) is 15.3. The Morgan fingerprint density at radius 2 is 1.88 bits per heavy atom. The van der Waals surface area contributed by atoms with E-state index in [-0.39, 0.29) is 41.5 Å². The maximum absolute atomic E-state index is 12.5. The summed E-state index contributed by atoms with van der Waals surface area (Å²) in [5, 5.41) is 8.20. The van der Waals surface area contributed by atoms with Crippen molar-refractivity contribution in [3.63, 3.8) is 0 Å². The Labute approximate surface area is 149 Å². The maximum Gasteiger partial charge on any atom is 0.225 e. The summed E-state index contributed by atoms with van der Waals surface area (Å²) < 4.78 is 26.5. The molecule has 9 heteroatoms. The second-order valence-electron chi connectivity index (χ2n) is 7.62. The van der Waals surface area contributed by atoms with Crippen LogP contribution in [0.15, 0.2) is 6.33 Å². The highest BCUT2D eigenvalue weighted by atomic mass is 32.2. The standard InChI is InChI=1S/C16H27N5O3S/c1-11(2)16(22)20-6-5-19(13-8-25(23,24)9-14(13)20)7-15-18-17-10-21(15)12(3)4/h10-14H,5-9H2,1-4H3/t13-,14+/m0/s1. The van der Waals surface area contributed by atoms with Crippen molar-refractivity contribution >= 4 is 15.7 Å². The van der Waals surface area contributed by atoms with Crippen molar-refractivity contribution in [3.8, 4) is 0 Å². The van der Waals surface area contributed by atoms with Gasteiger partial charge in [-0.3, -0.25) is 9.69 Å². The van der Waals surface area contributed by atoms with Crippen LogP contribution in [-0.4, -0.2) is 75.6 Å². The third-order valence-electron chi connectivity index (χ3n) is 5.12. The molecule has 2 atom stereocenters. The van der Waals surface area contributed by atoms with Gasteiger partial charge >= 0.3 is 0 Å². The molecule has 3 heterocycles. The molecule has 2 fully saturated rings. The van der Waals surface area contributed by atoms with Crippen LogP contribution in [0.2, 0.25) is 0 Å². The minimum atomic E-state index is -3.14. The molecule has 1 aromatic rings. The van der Waals surface area contributed by atoms with Crippen LogP contribution in [0.3, 0.4) is 0 Å². The van der Waals surface area contributed by atoms with Crippen molar-refractivity contribution in [2.24, 2.45) is 5.92 Å². The van der Waals surface area contributed by atoms with Gasteiger partial charge in [0.05, 0.1) is 24.1 Å². The molecule has 2 saturated heterocycles. The van der Waals surface area contributed by atoms with E-state index in [0.29, 0.717) is 19.6 Å². The van der Waals surface area contributed by atoms with Crippen molar-refractivity contribution in [1.82, 2.24) is 24.6 Å². The van der Waals surface area contributed by atoms with Crippen molar-refractivity contribution in [2.45, 2.75) is 52.4 Å². The molecular formula is C16H27N5O3S. The molecule has 0 radical (unpaired) electrons. The smallest absolute Gasteiger partial charge is 0.225 e. The van der Waals surface area contributed by atoms with Crippen LogP contribution < -0.4 is 0 Å². The lowest BCUT2D eigenvalue weighted by Crippen LogP contribution is -2.61. The first kappa shape index (κ1) is 18.3. The molecule has 8 nitrogen and oxygen atoms in total. The Balaban J connectivity index is 1.84. The fourth-order valence-corrected chi connectivity index (χ4v) is 5.83. The van der Waals surface area contributed by atoms with E-state index in [9.17, 15) is 13.2 Å². The summed E-state index contributed by atoms with van der Waals surface area (Å²) in [5.74, 6) is 0.914. The highest BCUT2D eigenvalue weighted by Crippen LogP contribution is 2.29. The maximum atomic E-state index is 12.5. The molecule has 0 saturated carbocycles. The molecule has 0 aliphatic carbocycles. The first-order chi connectivity index (χ1) is 11.7. The van der Waals surface area contributed by atoms with E-state index in [0.717, 1.165) is 5.82 Å². The minimum absolute atomic E-state index is 0.0390. The van der Waals surface area contributed by atoms with Crippen LogP contribution in [0.25, 0.3) is 0 Å². The van der Waals surface area contributed by atoms with E-state index in [1.54, 1.807) is 11.2 Å². The summed E-state index contributed by atoms with van der Waals surface area (Å²) >= 11 is 0. The van der Waals surface area contributed by atoms with Crippen molar-refractivity contribution in [1.29, 1.82) is 0 Å². The molecule has 3 rings (SSSR count). The van der Waals surface area contributed by atoms with Gasteiger partial charge in [-0.1, -0.05) is 13.8 Å². The predicted molar refractivity (Wildman–Crippen MR) is 93.6 cm³/mol. The molecule has 1 amide bonds. The number of piperazine rings is 1. The van der Waals surface area contributed by atoms with E-state index < -0.39 is 9.84 Å². The first-order valence-electron chi connectivity index (χ1n) is 8.83. The Hall–Kier alpha value is -1.48. The summed E-state index contributed by atoms with van der Waals surface area (Å²) in [6.45, 7) is 9.61. The van der Waals surface area contributed by atoms with Crippen LogP contribution in [0.4, 0.5) is 0 Å². The third-order valence-corrected chi connectivity index (χ3v) is 6.81. The molecule has 2 aliphatic heterocycles. The van der Waals surface area contributed by atoms with Crippen molar-refractivity contribution in [2.75, 3.05) is 24.6 Å². The second kappa shape index (κ2) is 6.68. The number of sulfone groups is 1. The average molecular weight is 369 g/mol. The van der Waals surface area contributed by atoms with E-state index >= 15 is 0 Å². The van der Waals surface area contributed by atoms with E-state index in [1.807, 2.05) is 18.4 Å². The highest BCUT2D eigenvalue weighted by molar-refractivity contribution is 7.91. The lowest BCUT2D eigenvalue weighted by molar-refractivity contribution is -0.140. The molecule has 0 unspecified atom stereocenters. The summed E-state index contributed by atoms with van der Waals surface area (Å²) in [6.07, 6.45) is 1.71. The van der Waals surface area contributed by atoms with Crippen LogP contribution >= 0.6 is 0 Å². The molecule has 0 aromatic carbocycles. The normalized spacial score (nSPS) is 26.4. The van der Waals surface area contributed by atoms with Crippen LogP contribution in [-0.2, 0) is 21.2 Å². The van der Waals surface area contributed by atoms with Gasteiger partial charge in [0.1, 0.15) is 12.2 Å². The monoisotopic (exact) mass is 369 g/mol. The number of carbonyl (C=O) groups is 1. The summed E-state index contributed by atoms with van der Waals surface area (Å²) in [7, 11) is -3.14. The number of hydrogen-bond acceptors (Lipinski definition) is 6. The first-order valence-corrected chi connectivity index (χ1v) is 10.6. The Bertz CT molecular complexity index is 743. The average Bonchev–Trinajstić information content (AvgIpc) is 3.10. The third kappa shape index (κ3) is 3.57. The van der Waals surface area contributed by atoms with Gasteiger partial charge in [0.25, 0.3) is 0 Å². The topological polar surface area (TPSA) is 88.4 Å². The fraction of sp³-hybridized carbons (Fsp3) is 0.812. The number of hydrogen-bond donors (Lipinski definition) is 0. The van der Waals surface area contributed by atoms with Gasteiger partial charge in [0.15, 0.2) is 9.84 Å². The lowest BCUT2D eigenvalue weighted by atomic mass is 10.0. The number of nitrogens with zero attached hydrogens (tertiary/aromatic N) is 5. The summed E-state index contributed by atoms with van der Waals surface area (Å²) in [4.78, 5) is 16.4. The van der Waals surface area contributed by atoms with Crippen molar-refractivity contribution < 1.29 is 13.2 Å². The van der Waals surface area contributed by atoms with Crippen molar-refractivity contribution in [3.05, 3.63) is 12.2 Å². The molecule has 0 N–H and O–H groups in total. The zero-order valence-corrected chi connectivity index (χ0v) is 16.1. The molecule has 2 aliphatic rings. The Kier molecular flexibility index (Phi) is 4.89. The van der Waals surface area contributed by atoms with Gasteiger partial charge in [0.2, 0.25) is 5.91 Å². The number of carbonyl (C=O) groups excluding carboxylic acids is 1. The Morgan fingerprint density at radius 1 is 1.20 bits per heavy atom. The number of amides is 1. The van der Waals surface area contributed by atoms with E-state index in [1.165, 1.54) is 0 Å². The van der Waals surface area contributed by atoms with E-state index in [2.05, 4.69) is 28.9 Å². The van der Waals surface area contributed by atoms with Gasteiger partial charge in [-0.05, 0) is 13.8 Å². The number of rotatable bonds is 4. The highest BCUT2D eigenvalue weighted by Gasteiger charge is 2.48. The van der Waals surface area contributed by atoms with Crippen LogP contribution in [0, 0.1) is 5.92 Å². The number of aromatic nitrogens is 3. The summed E-state index contributed by atoms with van der Waals surface area (Å²) in [6, 6.07) is -0.181.